The van der Waals surface area contributed by atoms with Gasteiger partial charge in [0.25, 0.3) is 5.91 Å². The van der Waals surface area contributed by atoms with Crippen molar-refractivity contribution in [1.29, 1.82) is 0 Å². The zero-order valence-corrected chi connectivity index (χ0v) is 11.9. The fraction of sp³-hybridized carbons (Fsp3) is 0.235. The molecule has 1 amide bonds. The first-order valence-electron chi connectivity index (χ1n) is 6.60. The zero-order valence-electron chi connectivity index (χ0n) is 11.9. The number of carbonyl (C=O) groups is 1. The third-order valence-electron chi connectivity index (χ3n) is 2.73. The van der Waals surface area contributed by atoms with Crippen LogP contribution >= 0.6 is 0 Å². The normalized spacial score (nSPS) is 14.8. The summed E-state index contributed by atoms with van der Waals surface area (Å²) in [7, 11) is 0. The number of hydrogen-bond donors (Lipinski definition) is 1. The lowest BCUT2D eigenvalue weighted by Gasteiger charge is -2.13. The maximum Gasteiger partial charge on any atom is 0.290 e. The van der Waals surface area contributed by atoms with E-state index in [2.05, 4.69) is 24.6 Å². The second-order valence-electron chi connectivity index (χ2n) is 4.31. The van der Waals surface area contributed by atoms with Gasteiger partial charge in [0.1, 0.15) is 6.61 Å². The predicted octanol–water partition coefficient (Wildman–Crippen LogP) is 3.56. The Balaban J connectivity index is 2.46. The summed E-state index contributed by atoms with van der Waals surface area (Å²) in [6.45, 7) is 9.59. The molecule has 0 spiro atoms. The summed E-state index contributed by atoms with van der Waals surface area (Å²) in [4.78, 5) is 11.9. The number of carbonyl (C=O) groups excluding carboxylic acids is 1. The van der Waals surface area contributed by atoms with E-state index >= 15 is 0 Å². The first-order valence-corrected chi connectivity index (χ1v) is 6.60. The maximum atomic E-state index is 11.9. The van der Waals surface area contributed by atoms with Crippen LogP contribution in [0.5, 0.6) is 0 Å². The van der Waals surface area contributed by atoms with Gasteiger partial charge in [0.2, 0.25) is 0 Å². The lowest BCUT2D eigenvalue weighted by molar-refractivity contribution is -0.119. The predicted molar refractivity (Wildman–Crippen MR) is 82.8 cm³/mol. The van der Waals surface area contributed by atoms with Gasteiger partial charge in [0.15, 0.2) is 5.76 Å². The van der Waals surface area contributed by atoms with E-state index in [1.54, 1.807) is 12.2 Å². The standard InChI is InChI=1S/C17H21NO2/c1-4-6-12-16(5-2)18-17(19)14(3)20-13-15-10-8-7-9-11-15/h4-8,10,12H,2-3,9,11,13H2,1H3,(H,18,19)/b6-4-,16-12+. The highest BCUT2D eigenvalue weighted by Gasteiger charge is 2.10. The Bertz CT molecular complexity index is 493. The monoisotopic (exact) mass is 271 g/mol. The van der Waals surface area contributed by atoms with Crippen LogP contribution in [0.2, 0.25) is 0 Å². The van der Waals surface area contributed by atoms with Gasteiger partial charge in [-0.1, -0.05) is 43.5 Å². The van der Waals surface area contributed by atoms with E-state index in [0.717, 1.165) is 18.4 Å². The summed E-state index contributed by atoms with van der Waals surface area (Å²) in [5.74, 6) is -0.249. The topological polar surface area (TPSA) is 38.3 Å². The van der Waals surface area contributed by atoms with Crippen molar-refractivity contribution in [3.05, 3.63) is 72.7 Å². The van der Waals surface area contributed by atoms with E-state index in [9.17, 15) is 4.79 Å². The van der Waals surface area contributed by atoms with Gasteiger partial charge in [-0.2, -0.15) is 0 Å². The molecular formula is C17H21NO2. The van der Waals surface area contributed by atoms with Crippen LogP contribution in [-0.2, 0) is 9.53 Å². The van der Waals surface area contributed by atoms with Gasteiger partial charge in [-0.3, -0.25) is 4.79 Å². The van der Waals surface area contributed by atoms with Crippen LogP contribution in [-0.4, -0.2) is 12.5 Å². The van der Waals surface area contributed by atoms with Gasteiger partial charge in [0, 0.05) is 5.70 Å². The van der Waals surface area contributed by atoms with Gasteiger partial charge in [-0.25, -0.2) is 0 Å². The molecule has 0 atom stereocenters. The van der Waals surface area contributed by atoms with Crippen molar-refractivity contribution in [2.75, 3.05) is 6.61 Å². The minimum absolute atomic E-state index is 0.105. The summed E-state index contributed by atoms with van der Waals surface area (Å²) in [6, 6.07) is 0. The molecule has 0 aromatic rings. The van der Waals surface area contributed by atoms with Crippen molar-refractivity contribution in [3.63, 3.8) is 0 Å². The molecule has 0 unspecified atom stereocenters. The minimum Gasteiger partial charge on any atom is -0.484 e. The van der Waals surface area contributed by atoms with Gasteiger partial charge in [0.05, 0.1) is 0 Å². The van der Waals surface area contributed by atoms with E-state index < -0.39 is 0 Å². The molecule has 0 bridgehead atoms. The first kappa shape index (κ1) is 15.8. The second-order valence-corrected chi connectivity index (χ2v) is 4.31. The molecule has 1 rings (SSSR count). The molecule has 3 heteroatoms. The van der Waals surface area contributed by atoms with Crippen LogP contribution in [0.3, 0.4) is 0 Å². The Morgan fingerprint density at radius 3 is 2.95 bits per heavy atom. The van der Waals surface area contributed by atoms with Crippen LogP contribution in [0, 0.1) is 0 Å². The molecule has 0 fully saturated rings. The maximum absolute atomic E-state index is 11.9. The smallest absolute Gasteiger partial charge is 0.290 e. The highest BCUT2D eigenvalue weighted by Crippen LogP contribution is 2.13. The molecule has 0 radical (unpaired) electrons. The Hall–Kier alpha value is -2.29. The Labute approximate surface area is 120 Å². The van der Waals surface area contributed by atoms with Crippen LogP contribution in [0.25, 0.3) is 0 Å². The molecule has 3 nitrogen and oxygen atoms in total. The minimum atomic E-state index is -0.354. The Morgan fingerprint density at radius 1 is 1.55 bits per heavy atom. The Kier molecular flexibility index (Phi) is 6.90. The van der Waals surface area contributed by atoms with Crippen molar-refractivity contribution >= 4 is 5.91 Å². The third kappa shape index (κ3) is 5.57. The van der Waals surface area contributed by atoms with Crippen molar-refractivity contribution in [1.82, 2.24) is 5.32 Å². The highest BCUT2D eigenvalue weighted by atomic mass is 16.5. The summed E-state index contributed by atoms with van der Waals surface area (Å²) < 4.78 is 5.40. The van der Waals surface area contributed by atoms with E-state index in [1.807, 2.05) is 31.2 Å². The lowest BCUT2D eigenvalue weighted by atomic mass is 10.1. The Morgan fingerprint density at radius 2 is 2.35 bits per heavy atom. The molecule has 0 heterocycles. The van der Waals surface area contributed by atoms with Gasteiger partial charge >= 0.3 is 0 Å². The number of hydrogen-bond acceptors (Lipinski definition) is 2. The number of allylic oxidation sites excluding steroid dienone is 7. The molecule has 1 aliphatic rings. The van der Waals surface area contributed by atoms with Gasteiger partial charge in [-0.15, -0.1) is 0 Å². The third-order valence-corrected chi connectivity index (χ3v) is 2.73. The molecule has 20 heavy (non-hydrogen) atoms. The molecule has 106 valence electrons. The number of ether oxygens (including phenoxy) is 1. The summed E-state index contributed by atoms with van der Waals surface area (Å²) in [5, 5.41) is 2.68. The molecule has 0 aliphatic heterocycles. The van der Waals surface area contributed by atoms with E-state index in [-0.39, 0.29) is 11.7 Å². The largest absolute Gasteiger partial charge is 0.484 e. The SMILES string of the molecule is C=C/C(=C\C=C/C)NC(=O)C(=C)OCC1=CC=CCC1. The van der Waals surface area contributed by atoms with E-state index in [0.29, 0.717) is 12.3 Å². The molecule has 0 saturated heterocycles. The fourth-order valence-electron chi connectivity index (χ4n) is 1.58. The van der Waals surface area contributed by atoms with Crippen LogP contribution < -0.4 is 5.32 Å². The zero-order chi connectivity index (χ0) is 14.8. The van der Waals surface area contributed by atoms with Crippen LogP contribution in [0.1, 0.15) is 19.8 Å². The summed E-state index contributed by atoms with van der Waals surface area (Å²) >= 11 is 0. The molecule has 0 aromatic carbocycles. The summed E-state index contributed by atoms with van der Waals surface area (Å²) in [5.41, 5.74) is 1.77. The molecule has 1 N–H and O–H groups in total. The first-order chi connectivity index (χ1) is 9.67. The molecule has 1 aliphatic carbocycles. The second kappa shape index (κ2) is 8.75. The molecular weight excluding hydrogens is 250 g/mol. The highest BCUT2D eigenvalue weighted by molar-refractivity contribution is 5.92. The number of amides is 1. The molecule has 0 aromatic heterocycles. The lowest BCUT2D eigenvalue weighted by Crippen LogP contribution is -2.24. The average molecular weight is 271 g/mol. The van der Waals surface area contributed by atoms with Crippen LogP contribution in [0.4, 0.5) is 0 Å². The number of nitrogens with one attached hydrogen (secondary N) is 1. The van der Waals surface area contributed by atoms with E-state index in [1.165, 1.54) is 0 Å². The van der Waals surface area contributed by atoms with Crippen LogP contribution in [0.15, 0.2) is 72.7 Å². The summed E-state index contributed by atoms with van der Waals surface area (Å²) in [6.07, 6.45) is 15.1. The van der Waals surface area contributed by atoms with Crippen molar-refractivity contribution in [2.45, 2.75) is 19.8 Å². The van der Waals surface area contributed by atoms with Crippen molar-refractivity contribution in [3.8, 4) is 0 Å². The van der Waals surface area contributed by atoms with Crippen molar-refractivity contribution in [2.24, 2.45) is 0 Å². The average Bonchev–Trinajstić information content (AvgIpc) is 2.49. The fourth-order valence-corrected chi connectivity index (χ4v) is 1.58. The van der Waals surface area contributed by atoms with Gasteiger partial charge < -0.3 is 10.1 Å². The van der Waals surface area contributed by atoms with E-state index in [4.69, 9.17) is 4.74 Å². The molecule has 0 saturated carbocycles. The quantitative estimate of drug-likeness (QED) is 0.437. The van der Waals surface area contributed by atoms with Gasteiger partial charge in [-0.05, 0) is 37.5 Å². The van der Waals surface area contributed by atoms with Crippen molar-refractivity contribution < 1.29 is 9.53 Å². The number of rotatable bonds is 7.